The van der Waals surface area contributed by atoms with Gasteiger partial charge in [0.1, 0.15) is 19.3 Å². The topological polar surface area (TPSA) is 237 Å². The van der Waals surface area contributed by atoms with Crippen molar-refractivity contribution in [1.29, 1.82) is 0 Å². The summed E-state index contributed by atoms with van der Waals surface area (Å²) in [6.45, 7) is 0.848. The third-order valence-corrected chi connectivity index (χ3v) is 5.64. The average Bonchev–Trinajstić information content (AvgIpc) is 2.80. The molecule has 0 aromatic heterocycles. The van der Waals surface area contributed by atoms with Gasteiger partial charge in [-0.15, -0.1) is 0 Å². The lowest BCUT2D eigenvalue weighted by Gasteiger charge is -2.21. The molecule has 0 aromatic carbocycles. The third-order valence-electron chi connectivity index (χ3n) is 3.74. The maximum atomic E-state index is 12.1. The molecular formula is C19H34O17P2. The van der Waals surface area contributed by atoms with Gasteiger partial charge in [0.25, 0.3) is 0 Å². The molecule has 3 N–H and O–H groups in total. The molecule has 0 heterocycles. The van der Waals surface area contributed by atoms with Gasteiger partial charge in [-0.25, -0.2) is 9.13 Å². The number of aliphatic hydroxyl groups is 1. The normalized spacial score (nSPS) is 16.7. The molecule has 0 aliphatic rings. The lowest BCUT2D eigenvalue weighted by Crippen LogP contribution is -2.29. The first-order valence-electron chi connectivity index (χ1n) is 11.1. The Kier molecular flexibility index (Phi) is 17.4. The highest BCUT2D eigenvalue weighted by Gasteiger charge is 2.29. The van der Waals surface area contributed by atoms with Crippen LogP contribution in [0.2, 0.25) is 0 Å². The number of hydrogen-bond acceptors (Lipinski definition) is 15. The van der Waals surface area contributed by atoms with Crippen LogP contribution in [0.25, 0.3) is 0 Å². The lowest BCUT2D eigenvalue weighted by molar-refractivity contribution is -0.160. The summed E-state index contributed by atoms with van der Waals surface area (Å²) in [7, 11) is -9.64. The van der Waals surface area contributed by atoms with Crippen LogP contribution in [0.15, 0.2) is 0 Å². The summed E-state index contributed by atoms with van der Waals surface area (Å²) in [4.78, 5) is 64.1. The molecule has 222 valence electrons. The standard InChI is InChI=1S/C19H34O17P2/c1-5-6-19(24)36-18(10-30-14(3)21)12-34-38(27,28)32-8-16(23)7-31-37(25,26)33-11-17(35-15(4)22)9-29-13(2)20/h16-18,23H,5-12H2,1-4H3,(H,25,26)(H,27,28)/t16-,17+,18+/m0/s1. The van der Waals surface area contributed by atoms with Crippen LogP contribution in [0.1, 0.15) is 40.5 Å². The zero-order valence-electron chi connectivity index (χ0n) is 21.3. The summed E-state index contributed by atoms with van der Waals surface area (Å²) in [6, 6.07) is 0. The van der Waals surface area contributed by atoms with Crippen molar-refractivity contribution in [3.8, 4) is 0 Å². The van der Waals surface area contributed by atoms with Gasteiger partial charge in [-0.2, -0.15) is 0 Å². The van der Waals surface area contributed by atoms with Gasteiger partial charge in [0, 0.05) is 27.2 Å². The van der Waals surface area contributed by atoms with Gasteiger partial charge >= 0.3 is 39.5 Å². The number of ether oxygens (including phenoxy) is 4. The molecule has 0 saturated carbocycles. The molecule has 0 spiro atoms. The molecule has 0 aliphatic carbocycles. The fraction of sp³-hybridized carbons (Fsp3) is 0.789. The average molecular weight is 596 g/mol. The molecule has 0 rings (SSSR count). The molecule has 0 saturated heterocycles. The highest BCUT2D eigenvalue weighted by Crippen LogP contribution is 2.45. The van der Waals surface area contributed by atoms with E-state index in [0.29, 0.717) is 6.42 Å². The van der Waals surface area contributed by atoms with Crippen LogP contribution in [0.4, 0.5) is 0 Å². The fourth-order valence-electron chi connectivity index (χ4n) is 2.17. The minimum absolute atomic E-state index is 0.0467. The Hall–Kier alpha value is -1.94. The van der Waals surface area contributed by atoms with Crippen molar-refractivity contribution < 1.29 is 80.2 Å². The predicted molar refractivity (Wildman–Crippen MR) is 123 cm³/mol. The molecule has 0 aromatic rings. The summed E-state index contributed by atoms with van der Waals surface area (Å²) in [5, 5.41) is 9.84. The van der Waals surface area contributed by atoms with E-state index in [0.717, 1.165) is 20.8 Å². The van der Waals surface area contributed by atoms with Crippen LogP contribution < -0.4 is 0 Å². The molecule has 0 amide bonds. The van der Waals surface area contributed by atoms with Crippen molar-refractivity contribution in [2.24, 2.45) is 0 Å². The number of phosphoric acid groups is 2. The molecule has 5 atom stereocenters. The number of phosphoric ester groups is 2. The number of aliphatic hydroxyl groups excluding tert-OH is 1. The van der Waals surface area contributed by atoms with Crippen molar-refractivity contribution in [3.05, 3.63) is 0 Å². The summed E-state index contributed by atoms with van der Waals surface area (Å²) < 4.78 is 61.6. The highest BCUT2D eigenvalue weighted by atomic mass is 31.2. The first kappa shape index (κ1) is 36.1. The number of rotatable bonds is 20. The van der Waals surface area contributed by atoms with E-state index in [9.17, 15) is 43.2 Å². The zero-order valence-corrected chi connectivity index (χ0v) is 23.1. The van der Waals surface area contributed by atoms with E-state index in [1.807, 2.05) is 0 Å². The molecule has 0 bridgehead atoms. The van der Waals surface area contributed by atoms with E-state index in [-0.39, 0.29) is 6.42 Å². The number of carbonyl (C=O) groups is 4. The summed E-state index contributed by atoms with van der Waals surface area (Å²) in [5.41, 5.74) is 0. The summed E-state index contributed by atoms with van der Waals surface area (Å²) in [5.74, 6) is -2.82. The minimum atomic E-state index is -4.83. The van der Waals surface area contributed by atoms with E-state index in [1.54, 1.807) is 6.92 Å². The Bertz CT molecular complexity index is 862. The quantitative estimate of drug-likeness (QED) is 0.0978. The number of carbonyl (C=O) groups excluding carboxylic acids is 4. The fourth-order valence-corrected chi connectivity index (χ4v) is 3.75. The molecule has 2 unspecified atom stereocenters. The minimum Gasteiger partial charge on any atom is -0.462 e. The van der Waals surface area contributed by atoms with Crippen molar-refractivity contribution in [2.45, 2.75) is 58.8 Å². The molecule has 0 aliphatic heterocycles. The molecule has 38 heavy (non-hydrogen) atoms. The van der Waals surface area contributed by atoms with Gasteiger partial charge in [-0.3, -0.25) is 37.3 Å². The first-order valence-corrected chi connectivity index (χ1v) is 14.1. The first-order chi connectivity index (χ1) is 17.5. The van der Waals surface area contributed by atoms with E-state index >= 15 is 0 Å². The van der Waals surface area contributed by atoms with Gasteiger partial charge in [0.2, 0.25) is 0 Å². The third kappa shape index (κ3) is 20.1. The summed E-state index contributed by atoms with van der Waals surface area (Å²) in [6.07, 6.45) is -3.64. The zero-order chi connectivity index (χ0) is 29.4. The monoisotopic (exact) mass is 596 g/mol. The van der Waals surface area contributed by atoms with Crippen molar-refractivity contribution in [1.82, 2.24) is 0 Å². The number of esters is 4. The van der Waals surface area contributed by atoms with Crippen LogP contribution in [-0.4, -0.2) is 96.7 Å². The van der Waals surface area contributed by atoms with Crippen LogP contribution >= 0.6 is 15.6 Å². The van der Waals surface area contributed by atoms with Crippen LogP contribution in [0.5, 0.6) is 0 Å². The maximum Gasteiger partial charge on any atom is 0.472 e. The van der Waals surface area contributed by atoms with Gasteiger partial charge in [0.15, 0.2) is 12.2 Å². The number of hydrogen-bond donors (Lipinski definition) is 3. The maximum absolute atomic E-state index is 12.1. The smallest absolute Gasteiger partial charge is 0.462 e. The highest BCUT2D eigenvalue weighted by molar-refractivity contribution is 7.47. The van der Waals surface area contributed by atoms with E-state index < -0.39 is 97.5 Å². The van der Waals surface area contributed by atoms with Gasteiger partial charge in [0.05, 0.1) is 26.4 Å². The van der Waals surface area contributed by atoms with Crippen molar-refractivity contribution >= 4 is 39.5 Å². The molecule has 19 heteroatoms. The van der Waals surface area contributed by atoms with Crippen LogP contribution in [0.3, 0.4) is 0 Å². The van der Waals surface area contributed by atoms with E-state index in [4.69, 9.17) is 18.7 Å². The Morgan fingerprint density at radius 2 is 1.05 bits per heavy atom. The van der Waals surface area contributed by atoms with Gasteiger partial charge in [-0.1, -0.05) is 6.92 Å². The molecule has 0 fully saturated rings. The second-order valence-electron chi connectivity index (χ2n) is 7.47. The Labute approximate surface area is 218 Å². The van der Waals surface area contributed by atoms with E-state index in [1.165, 1.54) is 0 Å². The Morgan fingerprint density at radius 1 is 0.658 bits per heavy atom. The lowest BCUT2D eigenvalue weighted by atomic mass is 10.3. The predicted octanol–water partition coefficient (Wildman–Crippen LogP) is 0.384. The van der Waals surface area contributed by atoms with Gasteiger partial charge in [-0.05, 0) is 6.42 Å². The van der Waals surface area contributed by atoms with E-state index in [2.05, 4.69) is 18.3 Å². The van der Waals surface area contributed by atoms with Crippen LogP contribution in [0, 0.1) is 0 Å². The Morgan fingerprint density at radius 3 is 1.42 bits per heavy atom. The molecule has 17 nitrogen and oxygen atoms in total. The SMILES string of the molecule is CCCC(=O)O[C@H](COC(C)=O)COP(=O)(O)OC[C@@H](O)COP(=O)(O)OC[C@@H](COC(C)=O)OC(C)=O. The summed E-state index contributed by atoms with van der Waals surface area (Å²) >= 11 is 0. The molecular weight excluding hydrogens is 562 g/mol. The second-order valence-corrected chi connectivity index (χ2v) is 10.4. The molecule has 0 radical (unpaired) electrons. The van der Waals surface area contributed by atoms with Crippen LogP contribution in [-0.2, 0) is 65.4 Å². The second kappa shape index (κ2) is 18.4. The Balaban J connectivity index is 4.66. The van der Waals surface area contributed by atoms with Gasteiger partial charge < -0.3 is 33.8 Å². The van der Waals surface area contributed by atoms with Crippen molar-refractivity contribution in [3.63, 3.8) is 0 Å². The van der Waals surface area contributed by atoms with Crippen molar-refractivity contribution in [2.75, 3.05) is 39.6 Å². The largest absolute Gasteiger partial charge is 0.472 e.